The van der Waals surface area contributed by atoms with Crippen molar-refractivity contribution in [2.45, 2.75) is 0 Å². The van der Waals surface area contributed by atoms with E-state index in [4.69, 9.17) is 28.3 Å². The second kappa shape index (κ2) is 4.78. The predicted molar refractivity (Wildman–Crippen MR) is 68.9 cm³/mol. The molecule has 0 saturated carbocycles. The van der Waals surface area contributed by atoms with E-state index in [-0.39, 0.29) is 15.6 Å². The van der Waals surface area contributed by atoms with Gasteiger partial charge in [-0.15, -0.1) is 0 Å². The molecular weight excluding hydrogens is 259 g/mol. The highest BCUT2D eigenvalue weighted by molar-refractivity contribution is 6.39. The number of benzene rings is 2. The second-order valence-corrected chi connectivity index (χ2v) is 4.30. The first kappa shape index (κ1) is 12.0. The van der Waals surface area contributed by atoms with Crippen molar-refractivity contribution in [3.63, 3.8) is 0 Å². The van der Waals surface area contributed by atoms with Crippen LogP contribution < -0.4 is 0 Å². The van der Waals surface area contributed by atoms with E-state index < -0.39 is 5.97 Å². The minimum absolute atomic E-state index is 0.0620. The number of carboxylic acid groups (broad SMARTS) is 1. The summed E-state index contributed by atoms with van der Waals surface area (Å²) in [6.45, 7) is 0. The normalized spacial score (nSPS) is 10.2. The van der Waals surface area contributed by atoms with Gasteiger partial charge in [-0.25, -0.2) is 4.79 Å². The Balaban J connectivity index is 2.57. The number of hydrogen-bond acceptors (Lipinski definition) is 1. The summed E-state index contributed by atoms with van der Waals surface area (Å²) in [5, 5.41) is 9.22. The van der Waals surface area contributed by atoms with Crippen molar-refractivity contribution >= 4 is 29.2 Å². The molecule has 0 unspecified atom stereocenters. The minimum Gasteiger partial charge on any atom is -0.478 e. The zero-order valence-corrected chi connectivity index (χ0v) is 10.2. The van der Waals surface area contributed by atoms with Crippen LogP contribution in [0.2, 0.25) is 10.0 Å². The van der Waals surface area contributed by atoms with Crippen molar-refractivity contribution in [2.75, 3.05) is 0 Å². The molecule has 86 valence electrons. The molecule has 2 aromatic carbocycles. The zero-order chi connectivity index (χ0) is 12.4. The molecule has 0 fully saturated rings. The maximum absolute atomic E-state index is 10.9. The molecule has 2 aromatic rings. The van der Waals surface area contributed by atoms with Crippen molar-refractivity contribution in [1.29, 1.82) is 0 Å². The summed E-state index contributed by atoms with van der Waals surface area (Å²) in [5.74, 6) is -1.13. The fraction of sp³-hybridized carbons (Fsp3) is 0. The highest BCUT2D eigenvalue weighted by atomic mass is 35.5. The third-order valence-corrected chi connectivity index (χ3v) is 2.96. The molecule has 0 aromatic heterocycles. The lowest BCUT2D eigenvalue weighted by Crippen LogP contribution is -1.99. The number of rotatable bonds is 2. The van der Waals surface area contributed by atoms with Crippen molar-refractivity contribution < 1.29 is 9.90 Å². The molecule has 0 aliphatic heterocycles. The summed E-state index contributed by atoms with van der Waals surface area (Å²) in [7, 11) is 0. The molecule has 0 spiro atoms. The summed E-state index contributed by atoms with van der Waals surface area (Å²) in [5.41, 5.74) is 1.67. The lowest BCUT2D eigenvalue weighted by molar-refractivity contribution is 0.0697. The van der Waals surface area contributed by atoms with Crippen molar-refractivity contribution in [3.8, 4) is 11.1 Å². The van der Waals surface area contributed by atoms with Gasteiger partial charge in [0, 0.05) is 0 Å². The van der Waals surface area contributed by atoms with Crippen LogP contribution in [0.25, 0.3) is 11.1 Å². The van der Waals surface area contributed by atoms with E-state index in [1.807, 2.05) is 30.3 Å². The second-order valence-electron chi connectivity index (χ2n) is 3.49. The van der Waals surface area contributed by atoms with Gasteiger partial charge in [-0.3, -0.25) is 0 Å². The average molecular weight is 267 g/mol. The van der Waals surface area contributed by atoms with Crippen LogP contribution in [-0.2, 0) is 0 Å². The summed E-state index contributed by atoms with van der Waals surface area (Å²) in [6.07, 6.45) is 0. The Morgan fingerprint density at radius 2 is 1.47 bits per heavy atom. The number of halogens is 2. The smallest absolute Gasteiger partial charge is 0.338 e. The quantitative estimate of drug-likeness (QED) is 0.877. The number of hydrogen-bond donors (Lipinski definition) is 1. The zero-order valence-electron chi connectivity index (χ0n) is 8.65. The van der Waals surface area contributed by atoms with E-state index >= 15 is 0 Å². The molecule has 17 heavy (non-hydrogen) atoms. The Kier molecular flexibility index (Phi) is 3.36. The number of carboxylic acids is 1. The molecule has 0 atom stereocenters. The van der Waals surface area contributed by atoms with Gasteiger partial charge in [0.05, 0.1) is 15.6 Å². The van der Waals surface area contributed by atoms with Crippen molar-refractivity contribution in [3.05, 3.63) is 58.1 Å². The van der Waals surface area contributed by atoms with Crippen LogP contribution in [0.1, 0.15) is 10.4 Å². The van der Waals surface area contributed by atoms with Crippen LogP contribution in [0.15, 0.2) is 42.5 Å². The fourth-order valence-corrected chi connectivity index (χ4v) is 2.22. The maximum Gasteiger partial charge on any atom is 0.338 e. The van der Waals surface area contributed by atoms with Crippen LogP contribution >= 0.6 is 23.2 Å². The Morgan fingerprint density at radius 3 is 1.94 bits per heavy atom. The largest absolute Gasteiger partial charge is 0.478 e. The number of carbonyl (C=O) groups is 1. The van der Waals surface area contributed by atoms with Gasteiger partial charge in [0.25, 0.3) is 0 Å². The van der Waals surface area contributed by atoms with Gasteiger partial charge < -0.3 is 5.11 Å². The van der Waals surface area contributed by atoms with Gasteiger partial charge in [0.2, 0.25) is 0 Å². The van der Waals surface area contributed by atoms with Crippen LogP contribution in [0.3, 0.4) is 0 Å². The van der Waals surface area contributed by atoms with Crippen LogP contribution in [-0.4, -0.2) is 11.1 Å². The molecule has 2 rings (SSSR count). The predicted octanol–water partition coefficient (Wildman–Crippen LogP) is 4.36. The van der Waals surface area contributed by atoms with E-state index in [1.54, 1.807) is 12.1 Å². The maximum atomic E-state index is 10.9. The SMILES string of the molecule is O=C(O)c1c(Cl)cc(-c2ccccc2)cc1Cl. The molecule has 2 nitrogen and oxygen atoms in total. The highest BCUT2D eigenvalue weighted by Gasteiger charge is 2.15. The standard InChI is InChI=1S/C13H8Cl2O2/c14-10-6-9(8-4-2-1-3-5-8)7-11(15)12(10)13(16)17/h1-7H,(H,16,17). The topological polar surface area (TPSA) is 37.3 Å². The molecule has 0 bridgehead atoms. The molecule has 0 amide bonds. The Labute approximate surface area is 108 Å². The van der Waals surface area contributed by atoms with Crippen molar-refractivity contribution in [1.82, 2.24) is 0 Å². The van der Waals surface area contributed by atoms with Gasteiger partial charge in [-0.2, -0.15) is 0 Å². The monoisotopic (exact) mass is 266 g/mol. The summed E-state index contributed by atoms with van der Waals surface area (Å²) in [4.78, 5) is 10.9. The molecule has 1 N–H and O–H groups in total. The van der Waals surface area contributed by atoms with Gasteiger partial charge in [-0.1, -0.05) is 53.5 Å². The molecular formula is C13H8Cl2O2. The van der Waals surface area contributed by atoms with Gasteiger partial charge >= 0.3 is 5.97 Å². The first-order chi connectivity index (χ1) is 8.09. The number of aromatic carboxylic acids is 1. The molecule has 4 heteroatoms. The van der Waals surface area contributed by atoms with E-state index in [9.17, 15) is 4.79 Å². The lowest BCUT2D eigenvalue weighted by atomic mass is 10.0. The molecule has 0 saturated heterocycles. The first-order valence-electron chi connectivity index (χ1n) is 4.87. The highest BCUT2D eigenvalue weighted by Crippen LogP contribution is 2.31. The Morgan fingerprint density at radius 1 is 0.941 bits per heavy atom. The molecule has 0 aliphatic carbocycles. The fourth-order valence-electron chi connectivity index (χ4n) is 1.57. The average Bonchev–Trinajstić information content (AvgIpc) is 2.28. The lowest BCUT2D eigenvalue weighted by Gasteiger charge is -2.06. The van der Waals surface area contributed by atoms with E-state index in [0.717, 1.165) is 11.1 Å². The van der Waals surface area contributed by atoms with E-state index in [1.165, 1.54) is 0 Å². The van der Waals surface area contributed by atoms with Gasteiger partial charge in [-0.05, 0) is 23.3 Å². The van der Waals surface area contributed by atoms with Crippen molar-refractivity contribution in [2.24, 2.45) is 0 Å². The third-order valence-electron chi connectivity index (χ3n) is 2.36. The van der Waals surface area contributed by atoms with Crippen LogP contribution in [0.4, 0.5) is 0 Å². The third kappa shape index (κ3) is 2.43. The van der Waals surface area contributed by atoms with Gasteiger partial charge in [0.1, 0.15) is 0 Å². The first-order valence-corrected chi connectivity index (χ1v) is 5.63. The summed E-state index contributed by atoms with van der Waals surface area (Å²) in [6, 6.07) is 12.7. The molecule has 0 heterocycles. The van der Waals surface area contributed by atoms with E-state index in [0.29, 0.717) is 0 Å². The Bertz CT molecular complexity index is 542. The summed E-state index contributed by atoms with van der Waals surface area (Å²) < 4.78 is 0. The van der Waals surface area contributed by atoms with E-state index in [2.05, 4.69) is 0 Å². The molecule has 0 radical (unpaired) electrons. The van der Waals surface area contributed by atoms with Crippen LogP contribution in [0, 0.1) is 0 Å². The Hall–Kier alpha value is -1.51. The molecule has 0 aliphatic rings. The minimum atomic E-state index is -1.13. The van der Waals surface area contributed by atoms with Crippen LogP contribution in [0.5, 0.6) is 0 Å². The summed E-state index contributed by atoms with van der Waals surface area (Å²) >= 11 is 11.8. The van der Waals surface area contributed by atoms with Gasteiger partial charge in [0.15, 0.2) is 0 Å².